The van der Waals surface area contributed by atoms with E-state index in [4.69, 9.17) is 21.4 Å². The maximum Gasteiger partial charge on any atom is 0.417 e. The van der Waals surface area contributed by atoms with E-state index in [0.29, 0.717) is 6.20 Å². The smallest absolute Gasteiger partial charge is 0.417 e. The summed E-state index contributed by atoms with van der Waals surface area (Å²) in [4.78, 5) is 3.40. The Balaban J connectivity index is 2.88. The highest BCUT2D eigenvalue weighted by Gasteiger charge is 2.31. The van der Waals surface area contributed by atoms with Crippen LogP contribution in [0.2, 0.25) is 5.02 Å². The molecule has 3 nitrogen and oxygen atoms in total. The third-order valence-electron chi connectivity index (χ3n) is 1.46. The predicted octanol–water partition coefficient (Wildman–Crippen LogP) is 2.12. The number of hydrogen-bond donors (Lipinski definition) is 1. The van der Waals surface area contributed by atoms with Crippen LogP contribution in [0.1, 0.15) is 5.56 Å². The summed E-state index contributed by atoms with van der Waals surface area (Å²) in [7, 11) is 0. The fourth-order valence-corrected chi connectivity index (χ4v) is 1.05. The summed E-state index contributed by atoms with van der Waals surface area (Å²) < 4.78 is 41.3. The highest BCUT2D eigenvalue weighted by Crippen LogP contribution is 2.32. The van der Waals surface area contributed by atoms with Gasteiger partial charge in [-0.1, -0.05) is 11.6 Å². The summed E-state index contributed by atoms with van der Waals surface area (Å²) >= 11 is 5.50. The van der Waals surface area contributed by atoms with Crippen molar-refractivity contribution in [3.05, 3.63) is 22.8 Å². The second kappa shape index (κ2) is 4.67. The number of nitrogens with zero attached hydrogens (tertiary/aromatic N) is 1. The van der Waals surface area contributed by atoms with Crippen molar-refractivity contribution in [1.29, 1.82) is 0 Å². The van der Waals surface area contributed by atoms with E-state index in [9.17, 15) is 13.2 Å². The average molecular weight is 242 g/mol. The minimum Gasteiger partial charge on any atom is -0.474 e. The summed E-state index contributed by atoms with van der Waals surface area (Å²) in [5.41, 5.74) is -0.941. The molecule has 7 heteroatoms. The second-order valence-corrected chi connectivity index (χ2v) is 2.99. The molecule has 0 fully saturated rings. The van der Waals surface area contributed by atoms with E-state index in [1.54, 1.807) is 0 Å². The molecule has 1 N–H and O–H groups in total. The second-order valence-electron chi connectivity index (χ2n) is 2.58. The highest BCUT2D eigenvalue weighted by molar-refractivity contribution is 6.31. The number of rotatable bonds is 3. The highest BCUT2D eigenvalue weighted by atomic mass is 35.5. The summed E-state index contributed by atoms with van der Waals surface area (Å²) in [6.45, 7) is -0.336. The Morgan fingerprint density at radius 1 is 1.47 bits per heavy atom. The van der Waals surface area contributed by atoms with Gasteiger partial charge in [0.25, 0.3) is 0 Å². The minimum atomic E-state index is -4.48. The van der Waals surface area contributed by atoms with Crippen LogP contribution >= 0.6 is 11.6 Å². The Kier molecular flexibility index (Phi) is 3.76. The van der Waals surface area contributed by atoms with Crippen molar-refractivity contribution < 1.29 is 23.0 Å². The number of ether oxygens (including phenoxy) is 1. The van der Waals surface area contributed by atoms with Gasteiger partial charge >= 0.3 is 6.18 Å². The van der Waals surface area contributed by atoms with Crippen molar-refractivity contribution in [3.8, 4) is 5.88 Å². The van der Waals surface area contributed by atoms with Gasteiger partial charge in [-0.3, -0.25) is 0 Å². The molecule has 0 aliphatic rings. The van der Waals surface area contributed by atoms with Gasteiger partial charge in [-0.25, -0.2) is 4.98 Å². The molecule has 0 saturated carbocycles. The Morgan fingerprint density at radius 3 is 2.60 bits per heavy atom. The van der Waals surface area contributed by atoms with Crippen molar-refractivity contribution in [3.63, 3.8) is 0 Å². The van der Waals surface area contributed by atoms with Crippen LogP contribution in [0.5, 0.6) is 5.88 Å². The summed E-state index contributed by atoms with van der Waals surface area (Å²) in [5, 5.41) is 8.19. The molecule has 1 rings (SSSR count). The van der Waals surface area contributed by atoms with Gasteiger partial charge in [0.15, 0.2) is 0 Å². The molecule has 0 aliphatic carbocycles. The van der Waals surface area contributed by atoms with E-state index in [1.165, 1.54) is 0 Å². The third kappa shape index (κ3) is 3.24. The molecular formula is C8H7ClF3NO2. The van der Waals surface area contributed by atoms with E-state index >= 15 is 0 Å². The lowest BCUT2D eigenvalue weighted by molar-refractivity contribution is -0.137. The standard InChI is InChI=1S/C8H7ClF3NO2/c9-6-3-5(8(10,11)12)4-13-7(6)15-2-1-14/h3-4,14H,1-2H2. The molecule has 0 amide bonds. The van der Waals surface area contributed by atoms with Gasteiger partial charge < -0.3 is 9.84 Å². The lowest BCUT2D eigenvalue weighted by Gasteiger charge is -2.09. The van der Waals surface area contributed by atoms with E-state index in [2.05, 4.69) is 4.98 Å². The number of halogens is 4. The molecule has 0 bridgehead atoms. The van der Waals surface area contributed by atoms with Crippen LogP contribution < -0.4 is 4.74 Å². The molecule has 0 spiro atoms. The van der Waals surface area contributed by atoms with Gasteiger partial charge in [0.1, 0.15) is 11.6 Å². The Hall–Kier alpha value is -1.01. The number of pyridine rings is 1. The van der Waals surface area contributed by atoms with Crippen LogP contribution in [-0.2, 0) is 6.18 Å². The van der Waals surface area contributed by atoms with Gasteiger partial charge in [-0.2, -0.15) is 13.2 Å². The van der Waals surface area contributed by atoms with Crippen LogP contribution in [0.25, 0.3) is 0 Å². The first-order valence-electron chi connectivity index (χ1n) is 3.91. The molecule has 1 heterocycles. The van der Waals surface area contributed by atoms with E-state index in [-0.39, 0.29) is 24.1 Å². The SMILES string of the molecule is OCCOc1ncc(C(F)(F)F)cc1Cl. The molecule has 1 aromatic heterocycles. The minimum absolute atomic E-state index is 0.0713. The van der Waals surface area contributed by atoms with Gasteiger partial charge in [0.2, 0.25) is 5.88 Å². The topological polar surface area (TPSA) is 42.4 Å². The summed E-state index contributed by atoms with van der Waals surface area (Å²) in [6, 6.07) is 0.723. The van der Waals surface area contributed by atoms with Crippen molar-refractivity contribution in [2.45, 2.75) is 6.18 Å². The zero-order chi connectivity index (χ0) is 11.5. The third-order valence-corrected chi connectivity index (χ3v) is 1.74. The van der Waals surface area contributed by atoms with Crippen molar-refractivity contribution in [2.24, 2.45) is 0 Å². The maximum atomic E-state index is 12.2. The van der Waals surface area contributed by atoms with Crippen LogP contribution in [0.3, 0.4) is 0 Å². The molecule has 1 aromatic rings. The Morgan fingerprint density at radius 2 is 2.13 bits per heavy atom. The van der Waals surface area contributed by atoms with Crippen molar-refractivity contribution in [2.75, 3.05) is 13.2 Å². The van der Waals surface area contributed by atoms with Crippen LogP contribution in [0, 0.1) is 0 Å². The molecule has 84 valence electrons. The molecule has 0 unspecified atom stereocenters. The predicted molar refractivity (Wildman–Crippen MR) is 46.8 cm³/mol. The molecule has 0 aromatic carbocycles. The summed E-state index contributed by atoms with van der Waals surface area (Å²) in [5.74, 6) is -0.126. The largest absolute Gasteiger partial charge is 0.474 e. The zero-order valence-corrected chi connectivity index (χ0v) is 8.14. The molecule has 0 aliphatic heterocycles. The number of aliphatic hydroxyl groups is 1. The maximum absolute atomic E-state index is 12.2. The first-order valence-corrected chi connectivity index (χ1v) is 4.29. The molecular weight excluding hydrogens is 235 g/mol. The number of hydrogen-bond acceptors (Lipinski definition) is 3. The molecule has 15 heavy (non-hydrogen) atoms. The summed E-state index contributed by atoms with van der Waals surface area (Å²) in [6.07, 6.45) is -3.86. The van der Waals surface area contributed by atoms with Gasteiger partial charge in [0.05, 0.1) is 12.2 Å². The average Bonchev–Trinajstić information content (AvgIpc) is 2.14. The molecule has 0 saturated heterocycles. The fraction of sp³-hybridized carbons (Fsp3) is 0.375. The Labute approximate surface area is 88.5 Å². The zero-order valence-electron chi connectivity index (χ0n) is 7.38. The van der Waals surface area contributed by atoms with Gasteiger partial charge in [0, 0.05) is 6.20 Å². The van der Waals surface area contributed by atoms with Crippen LogP contribution in [0.15, 0.2) is 12.3 Å². The molecule has 0 radical (unpaired) electrons. The lowest BCUT2D eigenvalue weighted by atomic mass is 10.3. The first-order chi connectivity index (χ1) is 6.95. The quantitative estimate of drug-likeness (QED) is 0.882. The lowest BCUT2D eigenvalue weighted by Crippen LogP contribution is -2.08. The Bertz CT molecular complexity index is 343. The van der Waals surface area contributed by atoms with E-state index in [1.807, 2.05) is 0 Å². The van der Waals surface area contributed by atoms with Crippen LogP contribution in [-0.4, -0.2) is 23.3 Å². The van der Waals surface area contributed by atoms with Gasteiger partial charge in [-0.15, -0.1) is 0 Å². The fourth-order valence-electron chi connectivity index (χ4n) is 0.829. The number of aromatic nitrogens is 1. The number of aliphatic hydroxyl groups excluding tert-OH is 1. The van der Waals surface area contributed by atoms with Gasteiger partial charge in [-0.05, 0) is 6.07 Å². The van der Waals surface area contributed by atoms with E-state index < -0.39 is 11.7 Å². The van der Waals surface area contributed by atoms with Crippen molar-refractivity contribution in [1.82, 2.24) is 4.98 Å². The first kappa shape index (κ1) is 12.1. The number of alkyl halides is 3. The molecule has 0 atom stereocenters. The van der Waals surface area contributed by atoms with E-state index in [0.717, 1.165) is 6.07 Å². The monoisotopic (exact) mass is 241 g/mol. The normalized spacial score (nSPS) is 11.5. The van der Waals surface area contributed by atoms with Crippen LogP contribution in [0.4, 0.5) is 13.2 Å². The van der Waals surface area contributed by atoms with Crippen molar-refractivity contribution >= 4 is 11.6 Å².